The molecule has 0 radical (unpaired) electrons. The van der Waals surface area contributed by atoms with Crippen LogP contribution in [0, 0.1) is 13.8 Å². The molecule has 4 nitrogen and oxygen atoms in total. The largest absolute Gasteiger partial charge is 0.350 e. The predicted molar refractivity (Wildman–Crippen MR) is 102 cm³/mol. The smallest absolute Gasteiger partial charge is 0.240 e. The zero-order valence-corrected chi connectivity index (χ0v) is 15.4. The van der Waals surface area contributed by atoms with Crippen molar-refractivity contribution in [2.75, 3.05) is 11.4 Å². The highest BCUT2D eigenvalue weighted by molar-refractivity contribution is 5.98. The van der Waals surface area contributed by atoms with Crippen LogP contribution in [-0.2, 0) is 22.6 Å². The molecule has 0 bridgehead atoms. The molecule has 2 aromatic carbocycles. The third-order valence-corrected chi connectivity index (χ3v) is 4.39. The Morgan fingerprint density at radius 2 is 1.60 bits per heavy atom. The molecule has 0 spiro atoms. The molecular weight excluding hydrogens is 312 g/mol. The summed E-state index contributed by atoms with van der Waals surface area (Å²) in [5.74, 6) is -0.293. The van der Waals surface area contributed by atoms with Crippen molar-refractivity contribution in [1.29, 1.82) is 0 Å². The second-order valence-corrected chi connectivity index (χ2v) is 6.24. The average Bonchev–Trinajstić information content (AvgIpc) is 2.59. The van der Waals surface area contributed by atoms with Crippen LogP contribution in [0.4, 0.5) is 5.69 Å². The monoisotopic (exact) mass is 338 g/mol. The summed E-state index contributed by atoms with van der Waals surface area (Å²) in [4.78, 5) is 26.2. The van der Waals surface area contributed by atoms with Gasteiger partial charge in [0, 0.05) is 13.5 Å². The summed E-state index contributed by atoms with van der Waals surface area (Å²) < 4.78 is 0. The molecule has 2 rings (SSSR count). The van der Waals surface area contributed by atoms with E-state index in [0.29, 0.717) is 6.54 Å². The first-order chi connectivity index (χ1) is 11.9. The number of carbonyl (C=O) groups is 2. The zero-order chi connectivity index (χ0) is 18.4. The molecule has 1 N–H and O–H groups in total. The fourth-order valence-corrected chi connectivity index (χ4v) is 2.94. The molecule has 0 fully saturated rings. The van der Waals surface area contributed by atoms with Gasteiger partial charge in [0.2, 0.25) is 11.8 Å². The van der Waals surface area contributed by atoms with Crippen LogP contribution in [-0.4, -0.2) is 18.4 Å². The molecule has 25 heavy (non-hydrogen) atoms. The SMILES string of the molecule is CCc1cccc(C)c1N(CC(=O)NCc1ccccc1C)C(C)=O. The highest BCUT2D eigenvalue weighted by atomic mass is 16.2. The maximum atomic E-state index is 12.4. The maximum absolute atomic E-state index is 12.4. The van der Waals surface area contributed by atoms with Crippen molar-refractivity contribution in [2.24, 2.45) is 0 Å². The van der Waals surface area contributed by atoms with Gasteiger partial charge in [0.05, 0.1) is 5.69 Å². The van der Waals surface area contributed by atoms with E-state index in [1.807, 2.05) is 56.3 Å². The van der Waals surface area contributed by atoms with Crippen molar-refractivity contribution in [3.63, 3.8) is 0 Å². The molecule has 4 heteroatoms. The summed E-state index contributed by atoms with van der Waals surface area (Å²) in [6, 6.07) is 13.9. The van der Waals surface area contributed by atoms with E-state index in [0.717, 1.165) is 34.4 Å². The molecule has 0 saturated carbocycles. The standard InChI is InChI=1S/C21H26N2O2/c1-5-18-12-8-10-16(3)21(18)23(17(4)24)14-20(25)22-13-19-11-7-6-9-15(19)2/h6-12H,5,13-14H2,1-4H3,(H,22,25). The van der Waals surface area contributed by atoms with Crippen molar-refractivity contribution in [3.8, 4) is 0 Å². The fourth-order valence-electron chi connectivity index (χ4n) is 2.94. The van der Waals surface area contributed by atoms with Crippen LogP contribution in [0.5, 0.6) is 0 Å². The highest BCUT2D eigenvalue weighted by Crippen LogP contribution is 2.25. The van der Waals surface area contributed by atoms with Crippen LogP contribution >= 0.6 is 0 Å². The Balaban J connectivity index is 2.13. The molecule has 0 saturated heterocycles. The molecule has 0 unspecified atom stereocenters. The van der Waals surface area contributed by atoms with Gasteiger partial charge in [0.25, 0.3) is 0 Å². The van der Waals surface area contributed by atoms with Gasteiger partial charge < -0.3 is 10.2 Å². The Morgan fingerprint density at radius 1 is 0.960 bits per heavy atom. The van der Waals surface area contributed by atoms with Crippen molar-refractivity contribution in [2.45, 2.75) is 40.7 Å². The first kappa shape index (κ1) is 18.7. The predicted octanol–water partition coefficient (Wildman–Crippen LogP) is 3.54. The number of hydrogen-bond acceptors (Lipinski definition) is 2. The number of hydrogen-bond donors (Lipinski definition) is 1. The molecular formula is C21H26N2O2. The summed E-state index contributed by atoms with van der Waals surface area (Å²) in [7, 11) is 0. The maximum Gasteiger partial charge on any atom is 0.240 e. The summed E-state index contributed by atoms with van der Waals surface area (Å²) in [5.41, 5.74) is 5.14. The van der Waals surface area contributed by atoms with Crippen molar-refractivity contribution in [1.82, 2.24) is 5.32 Å². The Hall–Kier alpha value is -2.62. The summed E-state index contributed by atoms with van der Waals surface area (Å²) in [5, 5.41) is 2.92. The lowest BCUT2D eigenvalue weighted by Crippen LogP contribution is -2.40. The third kappa shape index (κ3) is 4.69. The molecule has 0 heterocycles. The quantitative estimate of drug-likeness (QED) is 0.876. The molecule has 0 aliphatic carbocycles. The van der Waals surface area contributed by atoms with Crippen LogP contribution in [0.25, 0.3) is 0 Å². The van der Waals surface area contributed by atoms with Gasteiger partial charge in [-0.1, -0.05) is 49.4 Å². The first-order valence-corrected chi connectivity index (χ1v) is 8.61. The highest BCUT2D eigenvalue weighted by Gasteiger charge is 2.20. The van der Waals surface area contributed by atoms with E-state index in [1.54, 1.807) is 4.90 Å². The Morgan fingerprint density at radius 3 is 2.24 bits per heavy atom. The first-order valence-electron chi connectivity index (χ1n) is 8.61. The molecule has 0 aromatic heterocycles. The Kier molecular flexibility index (Phi) is 6.34. The van der Waals surface area contributed by atoms with E-state index in [2.05, 4.69) is 12.2 Å². The topological polar surface area (TPSA) is 49.4 Å². The van der Waals surface area contributed by atoms with Gasteiger partial charge in [-0.3, -0.25) is 9.59 Å². The van der Waals surface area contributed by atoms with Crippen LogP contribution in [0.1, 0.15) is 36.1 Å². The molecule has 0 atom stereocenters. The van der Waals surface area contributed by atoms with E-state index < -0.39 is 0 Å². The van der Waals surface area contributed by atoms with Gasteiger partial charge in [-0.15, -0.1) is 0 Å². The van der Waals surface area contributed by atoms with Gasteiger partial charge in [-0.2, -0.15) is 0 Å². The van der Waals surface area contributed by atoms with E-state index in [1.165, 1.54) is 6.92 Å². The van der Waals surface area contributed by atoms with Crippen molar-refractivity contribution >= 4 is 17.5 Å². The number of benzene rings is 2. The second kappa shape index (κ2) is 8.47. The lowest BCUT2D eigenvalue weighted by atomic mass is 10.0. The van der Waals surface area contributed by atoms with Crippen LogP contribution in [0.2, 0.25) is 0 Å². The normalized spacial score (nSPS) is 10.4. The lowest BCUT2D eigenvalue weighted by molar-refractivity contribution is -0.123. The van der Waals surface area contributed by atoms with Gasteiger partial charge in [-0.05, 0) is 42.5 Å². The Bertz CT molecular complexity index is 768. The molecule has 132 valence electrons. The summed E-state index contributed by atoms with van der Waals surface area (Å²) in [6.45, 7) is 8.03. The van der Waals surface area contributed by atoms with Crippen molar-refractivity contribution in [3.05, 3.63) is 64.7 Å². The van der Waals surface area contributed by atoms with Gasteiger partial charge >= 0.3 is 0 Å². The molecule has 2 aromatic rings. The lowest BCUT2D eigenvalue weighted by Gasteiger charge is -2.25. The van der Waals surface area contributed by atoms with Gasteiger partial charge in [0.15, 0.2) is 0 Å². The number of carbonyl (C=O) groups excluding carboxylic acids is 2. The number of para-hydroxylation sites is 1. The summed E-state index contributed by atoms with van der Waals surface area (Å²) >= 11 is 0. The average molecular weight is 338 g/mol. The van der Waals surface area contributed by atoms with E-state index >= 15 is 0 Å². The molecule has 0 aliphatic rings. The third-order valence-electron chi connectivity index (χ3n) is 4.39. The van der Waals surface area contributed by atoms with Gasteiger partial charge in [0.1, 0.15) is 6.54 Å². The van der Waals surface area contributed by atoms with E-state index in [-0.39, 0.29) is 18.4 Å². The van der Waals surface area contributed by atoms with Crippen LogP contribution < -0.4 is 10.2 Å². The minimum absolute atomic E-state index is 0.0269. The van der Waals surface area contributed by atoms with Crippen molar-refractivity contribution < 1.29 is 9.59 Å². The zero-order valence-electron chi connectivity index (χ0n) is 15.4. The summed E-state index contributed by atoms with van der Waals surface area (Å²) in [6.07, 6.45) is 0.811. The second-order valence-electron chi connectivity index (χ2n) is 6.24. The number of rotatable bonds is 6. The minimum Gasteiger partial charge on any atom is -0.350 e. The Labute approximate surface area is 149 Å². The number of nitrogens with zero attached hydrogens (tertiary/aromatic N) is 1. The minimum atomic E-state index is -0.163. The molecule has 0 aliphatic heterocycles. The number of nitrogens with one attached hydrogen (secondary N) is 1. The number of amides is 2. The number of aryl methyl sites for hydroxylation is 3. The van der Waals surface area contributed by atoms with Gasteiger partial charge in [-0.25, -0.2) is 0 Å². The van der Waals surface area contributed by atoms with E-state index in [4.69, 9.17) is 0 Å². The fraction of sp³-hybridized carbons (Fsp3) is 0.333. The van der Waals surface area contributed by atoms with Crippen LogP contribution in [0.3, 0.4) is 0 Å². The number of anilines is 1. The van der Waals surface area contributed by atoms with Crippen LogP contribution in [0.15, 0.2) is 42.5 Å². The molecule has 2 amide bonds. The van der Waals surface area contributed by atoms with E-state index in [9.17, 15) is 9.59 Å².